The molecule has 2 fully saturated rings. The van der Waals surface area contributed by atoms with Crippen LogP contribution in [0.5, 0.6) is 0 Å². The molecule has 214 valence electrons. The summed E-state index contributed by atoms with van der Waals surface area (Å²) in [4.78, 5) is 48.3. The number of rotatable bonds is 5. The van der Waals surface area contributed by atoms with E-state index in [9.17, 15) is 14.4 Å². The van der Waals surface area contributed by atoms with Crippen LogP contribution in [0.3, 0.4) is 0 Å². The zero-order chi connectivity index (χ0) is 27.7. The van der Waals surface area contributed by atoms with E-state index in [1.54, 1.807) is 35.9 Å². The van der Waals surface area contributed by atoms with E-state index < -0.39 is 16.8 Å². The van der Waals surface area contributed by atoms with Gasteiger partial charge in [-0.3, -0.25) is 19.6 Å². The normalized spacial score (nSPS) is 18.4. The molecule has 2 aliphatic rings. The Morgan fingerprint density at radius 3 is 2.28 bits per heavy atom. The van der Waals surface area contributed by atoms with Crippen molar-refractivity contribution < 1.29 is 9.59 Å². The summed E-state index contributed by atoms with van der Waals surface area (Å²) in [5.74, 6) is 0.0220. The maximum atomic E-state index is 13.1. The van der Waals surface area contributed by atoms with Crippen LogP contribution < -0.4 is 22.5 Å². The van der Waals surface area contributed by atoms with Crippen LogP contribution in [-0.4, -0.2) is 86.0 Å². The van der Waals surface area contributed by atoms with Crippen molar-refractivity contribution in [1.82, 2.24) is 24.3 Å². The standard InChI is InChI=1S/C27H40N8O3.ClH/c1-26(2)18-33(23(36)27(3,4)29)15-16-35(26)25(38)31-22-11-14-34(24(37)30-22)21-7-5-19(6-8-21)17-32-12-9-20(28)10-13-32;/h5-8,11,14,20H,9-10,12-13,15-18,28-29H2,1-4H3,(H,30,31,37,38);1H. The van der Waals surface area contributed by atoms with Gasteiger partial charge in [-0.2, -0.15) is 4.98 Å². The largest absolute Gasteiger partial charge is 0.354 e. The predicted molar refractivity (Wildman–Crippen MR) is 154 cm³/mol. The van der Waals surface area contributed by atoms with Crippen LogP contribution in [-0.2, 0) is 11.3 Å². The Bertz CT molecular complexity index is 1220. The second-order valence-corrected chi connectivity index (χ2v) is 11.6. The highest BCUT2D eigenvalue weighted by molar-refractivity contribution is 5.89. The fraction of sp³-hybridized carbons (Fsp3) is 0.556. The van der Waals surface area contributed by atoms with Gasteiger partial charge in [-0.1, -0.05) is 12.1 Å². The van der Waals surface area contributed by atoms with Crippen molar-refractivity contribution in [1.29, 1.82) is 0 Å². The summed E-state index contributed by atoms with van der Waals surface area (Å²) in [6, 6.07) is 9.37. The number of hydrogen-bond acceptors (Lipinski definition) is 7. The molecule has 0 aliphatic carbocycles. The molecule has 39 heavy (non-hydrogen) atoms. The van der Waals surface area contributed by atoms with E-state index in [1.165, 1.54) is 10.1 Å². The Morgan fingerprint density at radius 1 is 1.08 bits per heavy atom. The van der Waals surface area contributed by atoms with Crippen molar-refractivity contribution in [3.8, 4) is 5.69 Å². The molecule has 0 saturated carbocycles. The Balaban J connectivity index is 0.00000420. The first kappa shape index (κ1) is 30.6. The monoisotopic (exact) mass is 560 g/mol. The molecule has 3 heterocycles. The highest BCUT2D eigenvalue weighted by atomic mass is 35.5. The van der Waals surface area contributed by atoms with Crippen LogP contribution in [0.25, 0.3) is 5.69 Å². The molecule has 2 saturated heterocycles. The number of carbonyl (C=O) groups excluding carboxylic acids is 2. The molecule has 2 aromatic rings. The smallest absolute Gasteiger partial charge is 0.337 e. The molecule has 3 amide bonds. The van der Waals surface area contributed by atoms with Gasteiger partial charge in [-0.25, -0.2) is 9.59 Å². The molecule has 0 unspecified atom stereocenters. The fourth-order valence-corrected chi connectivity index (χ4v) is 5.09. The molecule has 0 bridgehead atoms. The number of anilines is 1. The third-order valence-corrected chi connectivity index (χ3v) is 7.28. The average molecular weight is 561 g/mol. The lowest BCUT2D eigenvalue weighted by atomic mass is 9.96. The quantitative estimate of drug-likeness (QED) is 0.505. The van der Waals surface area contributed by atoms with Gasteiger partial charge < -0.3 is 21.3 Å². The molecule has 1 aromatic carbocycles. The first-order valence-electron chi connectivity index (χ1n) is 13.2. The number of aromatic nitrogens is 2. The fourth-order valence-electron chi connectivity index (χ4n) is 5.09. The lowest BCUT2D eigenvalue weighted by molar-refractivity contribution is -0.139. The molecule has 0 atom stereocenters. The van der Waals surface area contributed by atoms with Gasteiger partial charge in [0.25, 0.3) is 0 Å². The molecule has 12 heteroatoms. The number of benzene rings is 1. The second-order valence-electron chi connectivity index (χ2n) is 11.6. The number of carbonyl (C=O) groups is 2. The molecule has 5 N–H and O–H groups in total. The van der Waals surface area contributed by atoms with Crippen LogP contribution in [0.2, 0.25) is 0 Å². The Hall–Kier alpha value is -2.99. The Kier molecular flexibility index (Phi) is 9.43. The number of nitrogens with two attached hydrogens (primary N) is 2. The van der Waals surface area contributed by atoms with Gasteiger partial charge in [0, 0.05) is 38.4 Å². The van der Waals surface area contributed by atoms with Crippen LogP contribution in [0, 0.1) is 0 Å². The molecule has 4 rings (SSSR count). The minimum atomic E-state index is -0.976. The van der Waals surface area contributed by atoms with E-state index in [1.807, 2.05) is 38.1 Å². The lowest BCUT2D eigenvalue weighted by Crippen LogP contribution is -2.65. The van der Waals surface area contributed by atoms with Crippen molar-refractivity contribution in [2.24, 2.45) is 11.5 Å². The summed E-state index contributed by atoms with van der Waals surface area (Å²) >= 11 is 0. The number of amides is 3. The van der Waals surface area contributed by atoms with Crippen molar-refractivity contribution in [2.75, 3.05) is 38.0 Å². The highest BCUT2D eigenvalue weighted by Crippen LogP contribution is 2.23. The molecule has 0 spiro atoms. The van der Waals surface area contributed by atoms with Gasteiger partial charge in [0.1, 0.15) is 5.82 Å². The van der Waals surface area contributed by atoms with Gasteiger partial charge in [0.15, 0.2) is 0 Å². The SMILES string of the molecule is CC(C)(N)C(=O)N1CCN(C(=O)Nc2ccn(-c3ccc(CN4CCC(N)CC4)cc3)c(=O)n2)C(C)(C)C1.Cl. The summed E-state index contributed by atoms with van der Waals surface area (Å²) in [5, 5.41) is 2.74. The third-order valence-electron chi connectivity index (χ3n) is 7.28. The Morgan fingerprint density at radius 2 is 1.72 bits per heavy atom. The number of nitrogens with zero attached hydrogens (tertiary/aromatic N) is 5. The summed E-state index contributed by atoms with van der Waals surface area (Å²) in [6.45, 7) is 11.1. The third kappa shape index (κ3) is 7.36. The summed E-state index contributed by atoms with van der Waals surface area (Å²) < 4.78 is 1.45. The average Bonchev–Trinajstić information content (AvgIpc) is 2.84. The first-order chi connectivity index (χ1) is 17.8. The van der Waals surface area contributed by atoms with Crippen molar-refractivity contribution >= 4 is 30.2 Å². The lowest BCUT2D eigenvalue weighted by Gasteiger charge is -2.47. The van der Waals surface area contributed by atoms with Gasteiger partial charge in [0.2, 0.25) is 5.91 Å². The highest BCUT2D eigenvalue weighted by Gasteiger charge is 2.41. The van der Waals surface area contributed by atoms with E-state index in [4.69, 9.17) is 11.5 Å². The second kappa shape index (κ2) is 12.0. The van der Waals surface area contributed by atoms with E-state index in [0.29, 0.717) is 31.4 Å². The van der Waals surface area contributed by atoms with Gasteiger partial charge >= 0.3 is 11.7 Å². The van der Waals surface area contributed by atoms with Crippen molar-refractivity contribution in [3.63, 3.8) is 0 Å². The van der Waals surface area contributed by atoms with Gasteiger partial charge in [-0.15, -0.1) is 12.4 Å². The number of nitrogens with one attached hydrogen (secondary N) is 1. The summed E-state index contributed by atoms with van der Waals surface area (Å²) in [5.41, 5.74) is 11.8. The maximum Gasteiger partial charge on any atom is 0.354 e. The Labute approximate surface area is 235 Å². The molecular formula is C27H41ClN8O3. The van der Waals surface area contributed by atoms with Gasteiger partial charge in [0.05, 0.1) is 16.8 Å². The van der Waals surface area contributed by atoms with Crippen molar-refractivity contribution in [3.05, 3.63) is 52.6 Å². The molecular weight excluding hydrogens is 520 g/mol. The van der Waals surface area contributed by atoms with Crippen LogP contribution >= 0.6 is 12.4 Å². The minimum absolute atomic E-state index is 0. The van der Waals surface area contributed by atoms with Gasteiger partial charge in [-0.05, 0) is 77.4 Å². The summed E-state index contributed by atoms with van der Waals surface area (Å²) in [7, 11) is 0. The number of urea groups is 1. The number of piperazine rings is 1. The van der Waals surface area contributed by atoms with E-state index in [0.717, 1.165) is 32.5 Å². The molecule has 11 nitrogen and oxygen atoms in total. The number of likely N-dealkylation sites (tertiary alicyclic amines) is 1. The zero-order valence-corrected chi connectivity index (χ0v) is 24.0. The molecule has 1 aromatic heterocycles. The number of halogens is 1. The minimum Gasteiger partial charge on any atom is -0.337 e. The predicted octanol–water partition coefficient (Wildman–Crippen LogP) is 1.77. The molecule has 0 radical (unpaired) electrons. The zero-order valence-electron chi connectivity index (χ0n) is 23.2. The maximum absolute atomic E-state index is 13.1. The van der Waals surface area contributed by atoms with E-state index in [2.05, 4.69) is 15.2 Å². The van der Waals surface area contributed by atoms with E-state index in [-0.39, 0.29) is 30.2 Å². The van der Waals surface area contributed by atoms with Crippen LogP contribution in [0.1, 0.15) is 46.1 Å². The van der Waals surface area contributed by atoms with E-state index >= 15 is 0 Å². The van der Waals surface area contributed by atoms with Crippen LogP contribution in [0.15, 0.2) is 41.3 Å². The summed E-state index contributed by atoms with van der Waals surface area (Å²) in [6.07, 6.45) is 3.64. The number of hydrogen-bond donors (Lipinski definition) is 3. The number of piperidine rings is 1. The first-order valence-corrected chi connectivity index (χ1v) is 13.2. The topological polar surface area (TPSA) is 143 Å². The molecule has 2 aliphatic heterocycles. The van der Waals surface area contributed by atoms with Crippen LogP contribution in [0.4, 0.5) is 10.6 Å². The van der Waals surface area contributed by atoms with Crippen molar-refractivity contribution in [2.45, 2.75) is 64.2 Å².